The van der Waals surface area contributed by atoms with Gasteiger partial charge in [0.05, 0.1) is 5.69 Å². The Morgan fingerprint density at radius 3 is 2.44 bits per heavy atom. The number of amides is 1. The first-order valence-corrected chi connectivity index (χ1v) is 11.3. The molecule has 4 rings (SSSR count). The van der Waals surface area contributed by atoms with Gasteiger partial charge in [0.1, 0.15) is 11.4 Å². The molecule has 8 nitrogen and oxygen atoms in total. The van der Waals surface area contributed by atoms with Crippen LogP contribution in [0, 0.1) is 6.92 Å². The van der Waals surface area contributed by atoms with Crippen molar-refractivity contribution in [2.45, 2.75) is 103 Å². The molecule has 4 heterocycles. The fraction of sp³-hybridized carbons (Fsp3) is 0.727. The lowest BCUT2D eigenvalue weighted by Gasteiger charge is -2.39. The van der Waals surface area contributed by atoms with Crippen LogP contribution in [0.4, 0.5) is 19.5 Å². The number of alkyl halides is 2. The molecule has 2 aliphatic rings. The van der Waals surface area contributed by atoms with Crippen LogP contribution in [-0.4, -0.2) is 55.3 Å². The summed E-state index contributed by atoms with van der Waals surface area (Å²) < 4.78 is 33.7. The van der Waals surface area contributed by atoms with Crippen molar-refractivity contribution in [3.05, 3.63) is 17.6 Å². The van der Waals surface area contributed by atoms with Gasteiger partial charge in [-0.3, -0.25) is 0 Å². The fourth-order valence-corrected chi connectivity index (χ4v) is 4.76. The zero-order chi connectivity index (χ0) is 23.3. The molecule has 2 fully saturated rings. The Bertz CT molecular complexity index is 983. The minimum atomic E-state index is -2.73. The van der Waals surface area contributed by atoms with Gasteiger partial charge < -0.3 is 15.0 Å². The van der Waals surface area contributed by atoms with Crippen molar-refractivity contribution < 1.29 is 18.3 Å². The summed E-state index contributed by atoms with van der Waals surface area (Å²) >= 11 is 0. The first-order valence-electron chi connectivity index (χ1n) is 11.3. The van der Waals surface area contributed by atoms with Crippen molar-refractivity contribution in [1.82, 2.24) is 24.9 Å². The maximum absolute atomic E-state index is 13.3. The SMILES string of the molecule is Cc1nc(N2[C@@H]3CC[C@H]2CC(NC(=O)OC(C)(C)C)C3)n2nc(CCC(C)(F)F)cc2n1. The van der Waals surface area contributed by atoms with Crippen LogP contribution in [0.1, 0.15) is 71.3 Å². The molecule has 0 spiro atoms. The van der Waals surface area contributed by atoms with Crippen LogP contribution >= 0.6 is 0 Å². The molecule has 32 heavy (non-hydrogen) atoms. The molecule has 2 saturated heterocycles. The number of ether oxygens (including phenoxy) is 1. The molecular weight excluding hydrogens is 418 g/mol. The smallest absolute Gasteiger partial charge is 0.407 e. The zero-order valence-corrected chi connectivity index (χ0v) is 19.4. The van der Waals surface area contributed by atoms with E-state index in [1.165, 1.54) is 0 Å². The van der Waals surface area contributed by atoms with Gasteiger partial charge >= 0.3 is 6.09 Å². The van der Waals surface area contributed by atoms with E-state index < -0.39 is 11.5 Å². The van der Waals surface area contributed by atoms with Crippen LogP contribution < -0.4 is 10.2 Å². The van der Waals surface area contributed by atoms with E-state index in [9.17, 15) is 13.6 Å². The van der Waals surface area contributed by atoms with Gasteiger partial charge in [0.2, 0.25) is 11.9 Å². The summed E-state index contributed by atoms with van der Waals surface area (Å²) in [5, 5.41) is 7.58. The third kappa shape index (κ3) is 5.10. The summed E-state index contributed by atoms with van der Waals surface area (Å²) in [7, 11) is 0. The third-order valence-electron chi connectivity index (χ3n) is 5.97. The lowest BCUT2D eigenvalue weighted by atomic mass is 9.98. The predicted molar refractivity (Wildman–Crippen MR) is 116 cm³/mol. The van der Waals surface area contributed by atoms with E-state index in [1.54, 1.807) is 10.6 Å². The molecule has 176 valence electrons. The predicted octanol–water partition coefficient (Wildman–Crippen LogP) is 4.05. The summed E-state index contributed by atoms with van der Waals surface area (Å²) in [6.45, 7) is 8.30. The van der Waals surface area contributed by atoms with Gasteiger partial charge in [0, 0.05) is 30.6 Å². The summed E-state index contributed by atoms with van der Waals surface area (Å²) in [5.74, 6) is -1.42. The van der Waals surface area contributed by atoms with E-state index in [0.29, 0.717) is 23.1 Å². The molecule has 0 radical (unpaired) electrons. The molecule has 2 aromatic heterocycles. The van der Waals surface area contributed by atoms with Crippen molar-refractivity contribution in [1.29, 1.82) is 0 Å². The number of alkyl carbamates (subject to hydrolysis) is 1. The molecule has 0 aromatic carbocycles. The summed E-state index contributed by atoms with van der Waals surface area (Å²) in [4.78, 5) is 23.6. The van der Waals surface area contributed by atoms with Crippen LogP contribution in [-0.2, 0) is 11.2 Å². The van der Waals surface area contributed by atoms with Crippen LogP contribution in [0.3, 0.4) is 0 Å². The number of anilines is 1. The van der Waals surface area contributed by atoms with Crippen LogP contribution in [0.25, 0.3) is 5.65 Å². The molecule has 1 N–H and O–H groups in total. The molecule has 2 aromatic rings. The van der Waals surface area contributed by atoms with Gasteiger partial charge in [-0.15, -0.1) is 0 Å². The largest absolute Gasteiger partial charge is 0.444 e. The summed E-state index contributed by atoms with van der Waals surface area (Å²) in [6, 6.07) is 2.22. The highest BCUT2D eigenvalue weighted by Gasteiger charge is 2.43. The second kappa shape index (κ2) is 8.12. The van der Waals surface area contributed by atoms with Gasteiger partial charge in [0.15, 0.2) is 5.65 Å². The summed E-state index contributed by atoms with van der Waals surface area (Å²) in [6.07, 6.45) is 3.11. The normalized spacial score (nSPS) is 23.6. The average Bonchev–Trinajstić information content (AvgIpc) is 3.15. The number of hydrogen-bond acceptors (Lipinski definition) is 6. The number of aryl methyl sites for hydroxylation is 2. The number of fused-ring (bicyclic) bond motifs is 3. The van der Waals surface area contributed by atoms with Gasteiger partial charge in [-0.25, -0.2) is 18.6 Å². The highest BCUT2D eigenvalue weighted by atomic mass is 19.3. The molecule has 0 aliphatic carbocycles. The number of nitrogens with one attached hydrogen (secondary N) is 1. The molecule has 2 aliphatic heterocycles. The Morgan fingerprint density at radius 2 is 1.84 bits per heavy atom. The van der Waals surface area contributed by atoms with Gasteiger partial charge in [-0.1, -0.05) is 0 Å². The average molecular weight is 451 g/mol. The number of halogens is 2. The maximum atomic E-state index is 13.3. The lowest BCUT2D eigenvalue weighted by molar-refractivity contribution is 0.0130. The Labute approximate surface area is 186 Å². The van der Waals surface area contributed by atoms with Crippen LogP contribution in [0.2, 0.25) is 0 Å². The second-order valence-electron chi connectivity index (χ2n) is 10.2. The zero-order valence-electron chi connectivity index (χ0n) is 19.4. The number of nitrogens with zero attached hydrogens (tertiary/aromatic N) is 5. The van der Waals surface area contributed by atoms with E-state index >= 15 is 0 Å². The molecule has 0 saturated carbocycles. The maximum Gasteiger partial charge on any atom is 0.407 e. The van der Waals surface area contributed by atoms with Gasteiger partial charge in [-0.2, -0.15) is 14.6 Å². The first kappa shape index (κ1) is 22.7. The third-order valence-corrected chi connectivity index (χ3v) is 5.97. The standard InChI is InChI=1S/C22H32F2N6O2/c1-13-25-18-12-14(8-9-22(5,23)24)28-30(18)19(26-13)29-16-6-7-17(29)11-15(10-16)27-20(31)32-21(2,3)4/h12,15-17H,6-11H2,1-5H3,(H,27,31)/t15?,16-,17+. The number of aromatic nitrogens is 4. The number of rotatable bonds is 5. The highest BCUT2D eigenvalue weighted by molar-refractivity contribution is 5.68. The van der Waals surface area contributed by atoms with E-state index in [1.807, 2.05) is 27.7 Å². The number of piperidine rings is 1. The van der Waals surface area contributed by atoms with E-state index in [2.05, 4.69) is 25.3 Å². The van der Waals surface area contributed by atoms with E-state index in [0.717, 1.165) is 32.6 Å². The molecule has 10 heteroatoms. The first-order chi connectivity index (χ1) is 14.9. The Kier molecular flexibility index (Phi) is 5.75. The minimum Gasteiger partial charge on any atom is -0.444 e. The monoisotopic (exact) mass is 450 g/mol. The number of hydrogen-bond donors (Lipinski definition) is 1. The molecular formula is C22H32F2N6O2. The molecule has 1 amide bonds. The second-order valence-corrected chi connectivity index (χ2v) is 10.2. The van der Waals surface area contributed by atoms with Gasteiger partial charge in [-0.05, 0) is 66.7 Å². The Morgan fingerprint density at radius 1 is 1.19 bits per heavy atom. The minimum absolute atomic E-state index is 0.0389. The van der Waals surface area contributed by atoms with Crippen molar-refractivity contribution in [2.75, 3.05) is 4.90 Å². The van der Waals surface area contributed by atoms with Crippen molar-refractivity contribution in [3.8, 4) is 0 Å². The van der Waals surface area contributed by atoms with Crippen molar-refractivity contribution >= 4 is 17.7 Å². The molecule has 3 atom stereocenters. The Balaban J connectivity index is 1.53. The van der Waals surface area contributed by atoms with Crippen LogP contribution in [0.5, 0.6) is 0 Å². The topological polar surface area (TPSA) is 84.7 Å². The number of carbonyl (C=O) groups is 1. The van der Waals surface area contributed by atoms with Crippen molar-refractivity contribution in [3.63, 3.8) is 0 Å². The quantitative estimate of drug-likeness (QED) is 0.740. The molecule has 1 unspecified atom stereocenters. The van der Waals surface area contributed by atoms with Crippen molar-refractivity contribution in [2.24, 2.45) is 0 Å². The van der Waals surface area contributed by atoms with E-state index in [4.69, 9.17) is 4.74 Å². The Hall–Kier alpha value is -2.52. The summed E-state index contributed by atoms with van der Waals surface area (Å²) in [5.41, 5.74) is 0.671. The fourth-order valence-electron chi connectivity index (χ4n) is 4.76. The highest BCUT2D eigenvalue weighted by Crippen LogP contribution is 2.39. The number of carbonyl (C=O) groups excluding carboxylic acids is 1. The van der Waals surface area contributed by atoms with Crippen LogP contribution in [0.15, 0.2) is 6.07 Å². The lowest BCUT2D eigenvalue weighted by Crippen LogP contribution is -2.52. The molecule has 2 bridgehead atoms. The van der Waals surface area contributed by atoms with E-state index in [-0.39, 0.29) is 37.1 Å². The van der Waals surface area contributed by atoms with Gasteiger partial charge in [0.25, 0.3) is 0 Å².